The third-order valence-corrected chi connectivity index (χ3v) is 2.66. The van der Waals surface area contributed by atoms with E-state index in [2.05, 4.69) is 0 Å². The Kier molecular flexibility index (Phi) is 5.62. The van der Waals surface area contributed by atoms with Gasteiger partial charge in [0.2, 0.25) is 0 Å². The zero-order chi connectivity index (χ0) is 14.6. The number of amides is 1. The van der Waals surface area contributed by atoms with Gasteiger partial charge in [0.15, 0.2) is 17.5 Å². The molecule has 19 heavy (non-hydrogen) atoms. The molecule has 0 heterocycles. The number of halogens is 4. The highest BCUT2D eigenvalue weighted by Crippen LogP contribution is 2.15. The lowest BCUT2D eigenvalue weighted by Crippen LogP contribution is -2.34. The number of nitrogens with zero attached hydrogens (tertiary/aromatic N) is 1. The third kappa shape index (κ3) is 4.11. The van der Waals surface area contributed by atoms with Crippen LogP contribution in [-0.4, -0.2) is 43.5 Å². The van der Waals surface area contributed by atoms with Gasteiger partial charge >= 0.3 is 0 Å². The Labute approximate surface area is 113 Å². The van der Waals surface area contributed by atoms with Crippen molar-refractivity contribution in [2.75, 3.05) is 27.3 Å². The van der Waals surface area contributed by atoms with Gasteiger partial charge < -0.3 is 9.64 Å². The lowest BCUT2D eigenvalue weighted by molar-refractivity contribution is 0.0780. The summed E-state index contributed by atoms with van der Waals surface area (Å²) in [7, 11) is 2.88. The summed E-state index contributed by atoms with van der Waals surface area (Å²) < 4.78 is 43.6. The minimum atomic E-state index is -1.60. The fourth-order valence-electron chi connectivity index (χ4n) is 1.51. The summed E-state index contributed by atoms with van der Waals surface area (Å²) in [5.74, 6) is -5.07. The highest BCUT2D eigenvalue weighted by atomic mass is 35.5. The number of rotatable bonds is 5. The molecule has 0 bridgehead atoms. The van der Waals surface area contributed by atoms with Crippen molar-refractivity contribution >= 4 is 17.5 Å². The van der Waals surface area contributed by atoms with Gasteiger partial charge in [-0.3, -0.25) is 4.79 Å². The first kappa shape index (κ1) is 15.8. The van der Waals surface area contributed by atoms with E-state index in [-0.39, 0.29) is 18.7 Å². The third-order valence-electron chi connectivity index (χ3n) is 2.40. The van der Waals surface area contributed by atoms with E-state index < -0.39 is 28.7 Å². The van der Waals surface area contributed by atoms with Crippen LogP contribution in [0.2, 0.25) is 0 Å². The largest absolute Gasteiger partial charge is 0.383 e. The van der Waals surface area contributed by atoms with Gasteiger partial charge in [-0.25, -0.2) is 13.2 Å². The Hall–Kier alpha value is -1.27. The molecule has 1 aromatic carbocycles. The number of benzene rings is 1. The van der Waals surface area contributed by atoms with Crippen LogP contribution in [0.4, 0.5) is 13.2 Å². The van der Waals surface area contributed by atoms with Crippen molar-refractivity contribution < 1.29 is 22.7 Å². The van der Waals surface area contributed by atoms with E-state index in [0.717, 1.165) is 0 Å². The van der Waals surface area contributed by atoms with Crippen LogP contribution in [-0.2, 0) is 4.74 Å². The fraction of sp³-hybridized carbons (Fsp3) is 0.417. The maximum Gasteiger partial charge on any atom is 0.253 e. The van der Waals surface area contributed by atoms with E-state index in [1.807, 2.05) is 0 Å². The molecular weight excluding hydrogens is 283 g/mol. The highest BCUT2D eigenvalue weighted by Gasteiger charge is 2.19. The number of ether oxygens (including phenoxy) is 1. The summed E-state index contributed by atoms with van der Waals surface area (Å²) in [6.45, 7) is 0.361. The summed E-state index contributed by atoms with van der Waals surface area (Å²) >= 11 is 5.87. The average Bonchev–Trinajstić information content (AvgIpc) is 2.34. The van der Waals surface area contributed by atoms with Gasteiger partial charge in [-0.15, -0.1) is 11.6 Å². The van der Waals surface area contributed by atoms with Crippen LogP contribution in [0.25, 0.3) is 0 Å². The zero-order valence-corrected chi connectivity index (χ0v) is 11.2. The van der Waals surface area contributed by atoms with Crippen molar-refractivity contribution in [2.45, 2.75) is 5.38 Å². The summed E-state index contributed by atoms with van der Waals surface area (Å²) in [5.41, 5.74) is -0.278. The minimum absolute atomic E-state index is 0.134. The van der Waals surface area contributed by atoms with Crippen LogP contribution in [0.3, 0.4) is 0 Å². The number of hydrogen-bond donors (Lipinski definition) is 0. The summed E-state index contributed by atoms with van der Waals surface area (Å²) in [6.07, 6.45) is 0. The molecule has 0 aromatic heterocycles. The molecule has 0 saturated heterocycles. The second kappa shape index (κ2) is 6.77. The van der Waals surface area contributed by atoms with Crippen molar-refractivity contribution in [3.05, 3.63) is 35.1 Å². The van der Waals surface area contributed by atoms with Gasteiger partial charge in [0.25, 0.3) is 5.91 Å². The second-order valence-corrected chi connectivity index (χ2v) is 4.61. The SMILES string of the molecule is COCC(Cl)CN(C)C(=O)c1cc(F)c(F)c(F)c1. The number of carbonyl (C=O) groups excluding carboxylic acids is 1. The smallest absolute Gasteiger partial charge is 0.253 e. The van der Waals surface area contributed by atoms with Gasteiger partial charge in [0, 0.05) is 26.3 Å². The van der Waals surface area contributed by atoms with E-state index in [4.69, 9.17) is 16.3 Å². The number of carbonyl (C=O) groups is 1. The molecule has 0 aliphatic carbocycles. The Morgan fingerprint density at radius 2 is 1.89 bits per heavy atom. The molecule has 7 heteroatoms. The molecule has 1 amide bonds. The summed E-state index contributed by atoms with van der Waals surface area (Å²) in [5, 5.41) is -0.450. The highest BCUT2D eigenvalue weighted by molar-refractivity contribution is 6.21. The predicted octanol–water partition coefficient (Wildman–Crippen LogP) is 2.43. The monoisotopic (exact) mass is 295 g/mol. The minimum Gasteiger partial charge on any atom is -0.383 e. The van der Waals surface area contributed by atoms with Crippen molar-refractivity contribution in [1.82, 2.24) is 4.90 Å². The average molecular weight is 296 g/mol. The van der Waals surface area contributed by atoms with Gasteiger partial charge in [-0.05, 0) is 12.1 Å². The van der Waals surface area contributed by atoms with Crippen molar-refractivity contribution in [3.63, 3.8) is 0 Å². The number of methoxy groups -OCH3 is 1. The Morgan fingerprint density at radius 1 is 1.37 bits per heavy atom. The molecule has 1 aromatic rings. The van der Waals surface area contributed by atoms with Gasteiger partial charge in [0.1, 0.15) is 0 Å². The first-order chi connectivity index (χ1) is 8.86. The molecule has 0 N–H and O–H groups in total. The maximum atomic E-state index is 13.0. The molecular formula is C12H13ClF3NO2. The summed E-state index contributed by atoms with van der Waals surface area (Å²) in [6, 6.07) is 1.30. The predicted molar refractivity (Wildman–Crippen MR) is 64.8 cm³/mol. The second-order valence-electron chi connectivity index (χ2n) is 3.99. The molecule has 0 fully saturated rings. The van der Waals surface area contributed by atoms with Crippen LogP contribution in [0.1, 0.15) is 10.4 Å². The summed E-state index contributed by atoms with van der Waals surface area (Å²) in [4.78, 5) is 13.1. The number of hydrogen-bond acceptors (Lipinski definition) is 2. The Bertz CT molecular complexity index is 447. The normalized spacial score (nSPS) is 12.3. The lowest BCUT2D eigenvalue weighted by atomic mass is 10.2. The molecule has 0 aliphatic heterocycles. The van der Waals surface area contributed by atoms with Crippen molar-refractivity contribution in [1.29, 1.82) is 0 Å². The molecule has 0 saturated carbocycles. The van der Waals surface area contributed by atoms with Gasteiger partial charge in [0.05, 0.1) is 12.0 Å². The van der Waals surface area contributed by atoms with Crippen molar-refractivity contribution in [3.8, 4) is 0 Å². The molecule has 1 atom stereocenters. The van der Waals surface area contributed by atoms with Crippen LogP contribution >= 0.6 is 11.6 Å². The molecule has 106 valence electrons. The Morgan fingerprint density at radius 3 is 2.37 bits per heavy atom. The molecule has 3 nitrogen and oxygen atoms in total. The molecule has 0 radical (unpaired) electrons. The van der Waals surface area contributed by atoms with Crippen LogP contribution in [0.15, 0.2) is 12.1 Å². The molecule has 1 unspecified atom stereocenters. The number of alkyl halides is 1. The standard InChI is InChI=1S/C12H13ClF3NO2/c1-17(5-8(13)6-19-2)12(18)7-3-9(14)11(16)10(15)4-7/h3-4,8H,5-6H2,1-2H3. The quantitative estimate of drug-likeness (QED) is 0.617. The van der Waals surface area contributed by atoms with E-state index in [1.165, 1.54) is 19.1 Å². The van der Waals surface area contributed by atoms with Crippen LogP contribution < -0.4 is 0 Å². The molecule has 0 aliphatic rings. The fourth-order valence-corrected chi connectivity index (χ4v) is 1.85. The zero-order valence-electron chi connectivity index (χ0n) is 10.4. The van der Waals surface area contributed by atoms with E-state index in [1.54, 1.807) is 0 Å². The first-order valence-electron chi connectivity index (χ1n) is 5.39. The Balaban J connectivity index is 2.82. The van der Waals surface area contributed by atoms with Crippen LogP contribution in [0.5, 0.6) is 0 Å². The van der Waals surface area contributed by atoms with Crippen LogP contribution in [0, 0.1) is 17.5 Å². The topological polar surface area (TPSA) is 29.5 Å². The first-order valence-corrected chi connectivity index (χ1v) is 5.83. The van der Waals surface area contributed by atoms with E-state index >= 15 is 0 Å². The molecule has 0 spiro atoms. The van der Waals surface area contributed by atoms with E-state index in [9.17, 15) is 18.0 Å². The van der Waals surface area contributed by atoms with Crippen molar-refractivity contribution in [2.24, 2.45) is 0 Å². The van der Waals surface area contributed by atoms with Gasteiger partial charge in [-0.2, -0.15) is 0 Å². The molecule has 1 rings (SSSR count). The lowest BCUT2D eigenvalue weighted by Gasteiger charge is -2.20. The maximum absolute atomic E-state index is 13.0. The van der Waals surface area contributed by atoms with E-state index in [0.29, 0.717) is 12.1 Å². The van der Waals surface area contributed by atoms with Gasteiger partial charge in [-0.1, -0.05) is 0 Å².